The first-order chi connectivity index (χ1) is 15.5. The summed E-state index contributed by atoms with van der Waals surface area (Å²) in [6.07, 6.45) is 3.01. The van der Waals surface area contributed by atoms with E-state index in [0.29, 0.717) is 6.42 Å². The molecular weight excluding hydrogens is 424 g/mol. The van der Waals surface area contributed by atoms with Gasteiger partial charge in [-0.05, 0) is 37.2 Å². The summed E-state index contributed by atoms with van der Waals surface area (Å²) in [4.78, 5) is 26.2. The Kier molecular flexibility index (Phi) is 3.49. The molecule has 7 heteroatoms. The van der Waals surface area contributed by atoms with Gasteiger partial charge in [-0.2, -0.15) is 0 Å². The Bertz CT molecular complexity index is 1080. The molecule has 3 saturated heterocycles. The summed E-state index contributed by atoms with van der Waals surface area (Å²) in [6.45, 7) is 10.6. The van der Waals surface area contributed by atoms with Gasteiger partial charge in [-0.25, -0.2) is 4.79 Å². The van der Waals surface area contributed by atoms with Crippen molar-refractivity contribution in [3.63, 3.8) is 0 Å². The minimum Gasteiger partial charge on any atom is -0.472 e. The molecule has 33 heavy (non-hydrogen) atoms. The quantitative estimate of drug-likeness (QED) is 0.511. The summed E-state index contributed by atoms with van der Waals surface area (Å²) in [5.74, 6) is -0.145. The van der Waals surface area contributed by atoms with Crippen molar-refractivity contribution in [3.05, 3.63) is 24.2 Å². The Balaban J connectivity index is 1.39. The van der Waals surface area contributed by atoms with E-state index >= 15 is 0 Å². The fraction of sp³-hybridized carbons (Fsp3) is 0.769. The Morgan fingerprint density at radius 2 is 1.82 bits per heavy atom. The van der Waals surface area contributed by atoms with Crippen molar-refractivity contribution >= 4 is 11.8 Å². The lowest BCUT2D eigenvalue weighted by Crippen LogP contribution is -2.74. The summed E-state index contributed by atoms with van der Waals surface area (Å²) in [6, 6.07) is 1.85. The predicted molar refractivity (Wildman–Crippen MR) is 114 cm³/mol. The van der Waals surface area contributed by atoms with Crippen molar-refractivity contribution in [2.75, 3.05) is 0 Å². The van der Waals surface area contributed by atoms with Gasteiger partial charge in [-0.1, -0.05) is 34.6 Å². The van der Waals surface area contributed by atoms with Crippen LogP contribution >= 0.6 is 0 Å². The van der Waals surface area contributed by atoms with Crippen LogP contribution in [0.2, 0.25) is 0 Å². The fourth-order valence-corrected chi connectivity index (χ4v) is 9.70. The number of cyclic esters (lactones) is 1. The van der Waals surface area contributed by atoms with E-state index in [4.69, 9.17) is 18.6 Å². The fourth-order valence-electron chi connectivity index (χ4n) is 9.70. The molecule has 3 aliphatic carbocycles. The number of aliphatic hydroxyl groups is 1. The van der Waals surface area contributed by atoms with Crippen molar-refractivity contribution in [2.45, 2.75) is 90.0 Å². The van der Waals surface area contributed by atoms with Gasteiger partial charge in [-0.3, -0.25) is 4.79 Å². The van der Waals surface area contributed by atoms with E-state index in [2.05, 4.69) is 20.8 Å². The average Bonchev–Trinajstić information content (AvgIpc) is 3.66. The lowest BCUT2D eigenvalue weighted by molar-refractivity contribution is -0.258. The third kappa shape index (κ3) is 1.92. The number of hydrogen-bond donors (Lipinski definition) is 1. The molecule has 0 radical (unpaired) electrons. The zero-order valence-corrected chi connectivity index (χ0v) is 19.8. The highest BCUT2D eigenvalue weighted by atomic mass is 16.7. The van der Waals surface area contributed by atoms with E-state index < -0.39 is 40.2 Å². The first-order valence-electron chi connectivity index (χ1n) is 12.2. The molecule has 0 bridgehead atoms. The molecule has 11 atom stereocenters. The third-order valence-electron chi connectivity index (χ3n) is 11.3. The van der Waals surface area contributed by atoms with Gasteiger partial charge in [0.05, 0.1) is 24.7 Å². The molecule has 1 aromatic rings. The van der Waals surface area contributed by atoms with Crippen LogP contribution < -0.4 is 0 Å². The van der Waals surface area contributed by atoms with Crippen LogP contribution in [0.15, 0.2) is 23.0 Å². The van der Waals surface area contributed by atoms with Crippen LogP contribution in [0.4, 0.5) is 0 Å². The van der Waals surface area contributed by atoms with Crippen molar-refractivity contribution in [3.8, 4) is 0 Å². The molecular formula is C26H32O7. The van der Waals surface area contributed by atoms with Crippen LogP contribution in [0.25, 0.3) is 0 Å². The first kappa shape index (κ1) is 20.7. The number of Topliss-reactive ketones (excluding diaryl/α,β-unsaturated/α-hetero) is 1. The molecule has 6 aliphatic rings. The van der Waals surface area contributed by atoms with E-state index in [9.17, 15) is 14.7 Å². The van der Waals surface area contributed by atoms with E-state index in [1.165, 1.54) is 0 Å². The van der Waals surface area contributed by atoms with Gasteiger partial charge in [-0.15, -0.1) is 0 Å². The number of carbonyl (C=O) groups is 2. The molecule has 1 aromatic heterocycles. The maximum Gasteiger partial charge on any atom is 0.339 e. The number of fused-ring (bicyclic) bond motifs is 5. The second-order valence-corrected chi connectivity index (χ2v) is 12.6. The number of aliphatic hydroxyl groups excluding tert-OH is 1. The number of epoxide rings is 2. The summed E-state index contributed by atoms with van der Waals surface area (Å²) >= 11 is 0. The molecule has 7 rings (SSSR count). The Morgan fingerprint density at radius 3 is 2.52 bits per heavy atom. The van der Waals surface area contributed by atoms with E-state index in [0.717, 1.165) is 18.4 Å². The average molecular weight is 457 g/mol. The number of hydrogen-bond acceptors (Lipinski definition) is 7. The number of furan rings is 1. The molecule has 6 fully saturated rings. The number of esters is 1. The predicted octanol–water partition coefficient (Wildman–Crippen LogP) is 3.20. The smallest absolute Gasteiger partial charge is 0.339 e. The first-order valence-corrected chi connectivity index (χ1v) is 12.2. The van der Waals surface area contributed by atoms with Gasteiger partial charge in [0.15, 0.2) is 11.9 Å². The molecule has 0 aromatic carbocycles. The zero-order valence-electron chi connectivity index (χ0n) is 19.8. The maximum atomic E-state index is 13.1. The van der Waals surface area contributed by atoms with Gasteiger partial charge < -0.3 is 23.7 Å². The van der Waals surface area contributed by atoms with Crippen LogP contribution in [0.3, 0.4) is 0 Å². The topological polar surface area (TPSA) is 102 Å². The van der Waals surface area contributed by atoms with Gasteiger partial charge >= 0.3 is 5.97 Å². The molecule has 1 spiro atoms. The summed E-state index contributed by atoms with van der Waals surface area (Å²) in [5.41, 5.74) is -2.04. The molecule has 7 nitrogen and oxygen atoms in total. The molecule has 4 heterocycles. The minimum atomic E-state index is -0.830. The largest absolute Gasteiger partial charge is 0.472 e. The van der Waals surface area contributed by atoms with E-state index in [-0.39, 0.29) is 41.2 Å². The van der Waals surface area contributed by atoms with Gasteiger partial charge in [0.2, 0.25) is 0 Å². The van der Waals surface area contributed by atoms with Crippen molar-refractivity contribution in [1.29, 1.82) is 0 Å². The van der Waals surface area contributed by atoms with Crippen molar-refractivity contribution in [1.82, 2.24) is 0 Å². The summed E-state index contributed by atoms with van der Waals surface area (Å²) < 4.78 is 23.8. The van der Waals surface area contributed by atoms with Crippen LogP contribution in [0.5, 0.6) is 0 Å². The Morgan fingerprint density at radius 1 is 1.06 bits per heavy atom. The molecule has 178 valence electrons. The lowest BCUT2D eigenvalue weighted by atomic mass is 9.35. The number of rotatable bonds is 1. The SMILES string of the molecule is CC1(C)C(=O)[C@@H]2OC2[C@@]2(C)C1CC(O)[C@]1(C)C2CC[C@@]2(C)C(c3ccoc3)OC(=O)C3OC312. The second kappa shape index (κ2) is 5.58. The van der Waals surface area contributed by atoms with Crippen LogP contribution in [0.1, 0.15) is 65.5 Å². The summed E-state index contributed by atoms with van der Waals surface area (Å²) in [7, 11) is 0. The maximum absolute atomic E-state index is 13.1. The lowest BCUT2D eigenvalue weighted by Gasteiger charge is -2.68. The number of ketones is 1. The van der Waals surface area contributed by atoms with Crippen LogP contribution in [-0.2, 0) is 23.8 Å². The van der Waals surface area contributed by atoms with Crippen molar-refractivity contribution in [2.24, 2.45) is 33.5 Å². The third-order valence-corrected chi connectivity index (χ3v) is 11.3. The molecule has 1 N–H and O–H groups in total. The van der Waals surface area contributed by atoms with Crippen LogP contribution in [-0.4, -0.2) is 46.9 Å². The highest BCUT2D eigenvalue weighted by Crippen LogP contribution is 2.80. The second-order valence-electron chi connectivity index (χ2n) is 12.6. The zero-order chi connectivity index (χ0) is 23.3. The monoisotopic (exact) mass is 456 g/mol. The standard InChI is InChI=1S/C26H32O7/c1-22(2)14-10-15(27)25(5)13(24(14,4)19-16(31-19)17(22)28)6-8-23(3)18(12-7-9-30-11-12)32-21(29)20-26(23,25)33-20/h7,9,11,13-16,18-20,27H,6,8,10H2,1-5H3/t13?,14?,15?,16-,18?,19?,20?,23-,24+,25-,26?/m0/s1. The van der Waals surface area contributed by atoms with Gasteiger partial charge in [0.25, 0.3) is 0 Å². The number of carbonyl (C=O) groups excluding carboxylic acids is 2. The van der Waals surface area contributed by atoms with Gasteiger partial charge in [0, 0.05) is 27.2 Å². The van der Waals surface area contributed by atoms with Crippen molar-refractivity contribution < 1.29 is 33.3 Å². The highest BCUT2D eigenvalue weighted by Gasteiger charge is 2.89. The van der Waals surface area contributed by atoms with E-state index in [1.807, 2.05) is 19.9 Å². The number of ether oxygens (including phenoxy) is 3. The van der Waals surface area contributed by atoms with Crippen LogP contribution in [0, 0.1) is 33.5 Å². The minimum absolute atomic E-state index is 0.00694. The normalized spacial score (nSPS) is 57.6. The summed E-state index contributed by atoms with van der Waals surface area (Å²) in [5, 5.41) is 11.9. The molecule has 7 unspecified atom stereocenters. The molecule has 0 amide bonds. The molecule has 3 aliphatic heterocycles. The Hall–Kier alpha value is -1.70. The highest BCUT2D eigenvalue weighted by molar-refractivity contribution is 5.92. The molecule has 3 saturated carbocycles. The van der Waals surface area contributed by atoms with Gasteiger partial charge in [0.1, 0.15) is 17.8 Å². The Labute approximate surface area is 193 Å². The van der Waals surface area contributed by atoms with E-state index in [1.54, 1.807) is 12.5 Å².